The third-order valence-corrected chi connectivity index (χ3v) is 4.85. The third kappa shape index (κ3) is 3.44. The van der Waals surface area contributed by atoms with Gasteiger partial charge in [-0.05, 0) is 49.9 Å². The van der Waals surface area contributed by atoms with Crippen LogP contribution in [0.25, 0.3) is 0 Å². The molecule has 1 aromatic rings. The van der Waals surface area contributed by atoms with E-state index in [1.165, 1.54) is 12.2 Å². The predicted molar refractivity (Wildman–Crippen MR) is 99.3 cm³/mol. The zero-order valence-electron chi connectivity index (χ0n) is 15.4. The minimum absolute atomic E-state index is 0.0908. The minimum atomic E-state index is -0.273. The second-order valence-corrected chi connectivity index (χ2v) is 6.37. The summed E-state index contributed by atoms with van der Waals surface area (Å²) in [7, 11) is 1.67. The van der Waals surface area contributed by atoms with Gasteiger partial charge in [-0.1, -0.05) is 0 Å². The Hall–Kier alpha value is -2.60. The fraction of sp³-hybridized carbons (Fsp3) is 0.368. The lowest BCUT2D eigenvalue weighted by atomic mass is 9.95. The number of benzene rings is 1. The molecule has 0 radical (unpaired) electrons. The molecule has 0 atom stereocenters. The number of allylic oxidation sites excluding steroid dienone is 2. The molecule has 4 N–H and O–H groups in total. The van der Waals surface area contributed by atoms with Gasteiger partial charge in [0.1, 0.15) is 0 Å². The van der Waals surface area contributed by atoms with Crippen LogP contribution in [0.1, 0.15) is 22.3 Å². The number of rotatable bonds is 5. The van der Waals surface area contributed by atoms with Crippen LogP contribution < -0.4 is 11.1 Å². The van der Waals surface area contributed by atoms with E-state index in [0.29, 0.717) is 0 Å². The van der Waals surface area contributed by atoms with Gasteiger partial charge in [-0.2, -0.15) is 0 Å². The lowest BCUT2D eigenvalue weighted by molar-refractivity contribution is -0.116. The summed E-state index contributed by atoms with van der Waals surface area (Å²) in [4.78, 5) is 26.4. The Balaban J connectivity index is 2.37. The molecule has 0 unspecified atom stereocenters. The van der Waals surface area contributed by atoms with E-state index in [0.717, 1.165) is 33.6 Å². The van der Waals surface area contributed by atoms with Gasteiger partial charge in [0.25, 0.3) is 0 Å². The van der Waals surface area contributed by atoms with Gasteiger partial charge in [0.2, 0.25) is 11.6 Å². The van der Waals surface area contributed by atoms with Gasteiger partial charge in [0.05, 0.1) is 18.0 Å². The van der Waals surface area contributed by atoms with E-state index in [1.54, 1.807) is 11.9 Å². The predicted octanol–water partition coefficient (Wildman–Crippen LogP) is 1.76. The summed E-state index contributed by atoms with van der Waals surface area (Å²) in [6.45, 7) is 7.94. The molecule has 0 aromatic heterocycles. The zero-order chi connectivity index (χ0) is 18.9. The number of ketones is 2. The topological polar surface area (TPSA) is 95.7 Å². The van der Waals surface area contributed by atoms with E-state index >= 15 is 0 Å². The minimum Gasteiger partial charge on any atom is -0.398 e. The molecule has 134 valence electrons. The second kappa shape index (κ2) is 7.11. The molecule has 0 amide bonds. The van der Waals surface area contributed by atoms with Gasteiger partial charge >= 0.3 is 0 Å². The molecule has 0 saturated carbocycles. The number of hydrogen-bond donors (Lipinski definition) is 3. The highest BCUT2D eigenvalue weighted by atomic mass is 16.3. The molecule has 0 bridgehead atoms. The fourth-order valence-corrected chi connectivity index (χ4v) is 2.88. The number of carbonyl (C=O) groups is 2. The summed E-state index contributed by atoms with van der Waals surface area (Å²) in [5, 5.41) is 12.1. The van der Waals surface area contributed by atoms with Crippen LogP contribution in [0.3, 0.4) is 0 Å². The van der Waals surface area contributed by atoms with Crippen LogP contribution in [-0.4, -0.2) is 41.8 Å². The maximum atomic E-state index is 12.4. The lowest BCUT2D eigenvalue weighted by Crippen LogP contribution is -2.30. The molecule has 6 heteroatoms. The van der Waals surface area contributed by atoms with Crippen molar-refractivity contribution in [1.29, 1.82) is 0 Å². The van der Waals surface area contributed by atoms with Crippen LogP contribution in [0.4, 0.5) is 11.4 Å². The maximum absolute atomic E-state index is 12.4. The molecule has 2 rings (SSSR count). The lowest BCUT2D eigenvalue weighted by Gasteiger charge is -2.24. The summed E-state index contributed by atoms with van der Waals surface area (Å²) < 4.78 is 0. The summed E-state index contributed by atoms with van der Waals surface area (Å²) >= 11 is 0. The van der Waals surface area contributed by atoms with Crippen molar-refractivity contribution < 1.29 is 14.7 Å². The van der Waals surface area contributed by atoms with Crippen molar-refractivity contribution in [2.45, 2.75) is 27.7 Å². The van der Waals surface area contributed by atoms with Crippen molar-refractivity contribution in [3.63, 3.8) is 0 Å². The van der Waals surface area contributed by atoms with Crippen molar-refractivity contribution in [3.8, 4) is 0 Å². The number of anilines is 2. The first kappa shape index (κ1) is 18.7. The molecule has 0 heterocycles. The first-order chi connectivity index (χ1) is 11.7. The molecule has 0 aliphatic heterocycles. The Labute approximate surface area is 148 Å². The summed E-state index contributed by atoms with van der Waals surface area (Å²) in [5.74, 6) is -0.539. The molecule has 0 fully saturated rings. The van der Waals surface area contributed by atoms with Crippen molar-refractivity contribution >= 4 is 22.9 Å². The van der Waals surface area contributed by atoms with Crippen LogP contribution >= 0.6 is 0 Å². The van der Waals surface area contributed by atoms with Gasteiger partial charge in [-0.15, -0.1) is 0 Å². The fourth-order valence-electron chi connectivity index (χ4n) is 2.88. The average molecular weight is 343 g/mol. The van der Waals surface area contributed by atoms with E-state index in [1.807, 2.05) is 27.7 Å². The standard InChI is InChI=1S/C19H25N3O3/c1-10-12(3)19(13(4)11(2)18(10)20)21-14-8-17(25)15(9-16(14)24)22(5)6-7-23/h8-9,21,23H,6-7,20H2,1-5H3. The molecule has 1 aliphatic carbocycles. The first-order valence-electron chi connectivity index (χ1n) is 8.15. The van der Waals surface area contributed by atoms with E-state index in [-0.39, 0.29) is 36.1 Å². The molecule has 25 heavy (non-hydrogen) atoms. The number of aliphatic hydroxyl groups excluding tert-OH is 1. The summed E-state index contributed by atoms with van der Waals surface area (Å²) in [6.07, 6.45) is 2.62. The number of aliphatic hydroxyl groups is 1. The van der Waals surface area contributed by atoms with Crippen LogP contribution in [-0.2, 0) is 9.59 Å². The average Bonchev–Trinajstić information content (AvgIpc) is 2.57. The van der Waals surface area contributed by atoms with Crippen molar-refractivity contribution in [2.24, 2.45) is 0 Å². The number of nitrogen functional groups attached to an aromatic ring is 1. The van der Waals surface area contributed by atoms with Crippen LogP contribution in [0.5, 0.6) is 0 Å². The number of nitrogens with two attached hydrogens (primary N) is 1. The smallest absolute Gasteiger partial charge is 0.204 e. The number of nitrogens with zero attached hydrogens (tertiary/aromatic N) is 1. The Morgan fingerprint density at radius 3 is 2.08 bits per heavy atom. The highest BCUT2D eigenvalue weighted by Crippen LogP contribution is 2.33. The van der Waals surface area contributed by atoms with Crippen molar-refractivity contribution in [2.75, 3.05) is 31.2 Å². The normalized spacial score (nSPS) is 14.3. The van der Waals surface area contributed by atoms with Gasteiger partial charge in [-0.3, -0.25) is 9.59 Å². The largest absolute Gasteiger partial charge is 0.398 e. The number of nitrogens with one attached hydrogen (secondary N) is 1. The highest BCUT2D eigenvalue weighted by molar-refractivity contribution is 6.20. The van der Waals surface area contributed by atoms with E-state index in [9.17, 15) is 9.59 Å². The Bertz CT molecular complexity index is 778. The zero-order valence-corrected chi connectivity index (χ0v) is 15.4. The quantitative estimate of drug-likeness (QED) is 0.557. The van der Waals surface area contributed by atoms with Crippen LogP contribution in [0, 0.1) is 27.7 Å². The summed E-state index contributed by atoms with van der Waals surface area (Å²) in [6, 6.07) is 0. The molecule has 1 aliphatic rings. The van der Waals surface area contributed by atoms with Gasteiger partial charge in [0, 0.05) is 37.1 Å². The molecule has 1 aromatic carbocycles. The summed E-state index contributed by atoms with van der Waals surface area (Å²) in [5.41, 5.74) is 12.0. The van der Waals surface area contributed by atoms with Gasteiger partial charge in [0.15, 0.2) is 0 Å². The van der Waals surface area contributed by atoms with Crippen LogP contribution in [0.2, 0.25) is 0 Å². The van der Waals surface area contributed by atoms with Crippen LogP contribution in [0.15, 0.2) is 23.5 Å². The highest BCUT2D eigenvalue weighted by Gasteiger charge is 2.24. The Kier molecular flexibility index (Phi) is 5.33. The SMILES string of the molecule is Cc1c(C)c(NC2=CC(=O)C(N(C)CCO)=CC2=O)c(C)c(C)c1N. The number of carbonyl (C=O) groups excluding carboxylic acids is 2. The van der Waals surface area contributed by atoms with Crippen molar-refractivity contribution in [3.05, 3.63) is 45.8 Å². The third-order valence-electron chi connectivity index (χ3n) is 4.85. The Morgan fingerprint density at radius 2 is 1.56 bits per heavy atom. The number of hydrogen-bond acceptors (Lipinski definition) is 6. The monoisotopic (exact) mass is 343 g/mol. The molecule has 0 saturated heterocycles. The van der Waals surface area contributed by atoms with E-state index < -0.39 is 0 Å². The molecule has 6 nitrogen and oxygen atoms in total. The van der Waals surface area contributed by atoms with E-state index in [2.05, 4.69) is 5.32 Å². The van der Waals surface area contributed by atoms with Gasteiger partial charge in [-0.25, -0.2) is 0 Å². The molecular formula is C19H25N3O3. The first-order valence-corrected chi connectivity index (χ1v) is 8.15. The van der Waals surface area contributed by atoms with E-state index in [4.69, 9.17) is 10.8 Å². The number of likely N-dealkylation sites (N-methyl/N-ethyl adjacent to an activating group) is 1. The van der Waals surface area contributed by atoms with Crippen molar-refractivity contribution in [1.82, 2.24) is 4.90 Å². The molecular weight excluding hydrogens is 318 g/mol. The second-order valence-electron chi connectivity index (χ2n) is 6.37. The Morgan fingerprint density at radius 1 is 1.00 bits per heavy atom. The van der Waals surface area contributed by atoms with Gasteiger partial charge < -0.3 is 21.1 Å². The molecule has 0 spiro atoms. The maximum Gasteiger partial charge on any atom is 0.204 e.